The first-order valence-electron chi connectivity index (χ1n) is 6.59. The maximum Gasteiger partial charge on any atom is 0.166 e. The molecule has 0 saturated heterocycles. The number of anilines is 1. The van der Waals surface area contributed by atoms with Gasteiger partial charge in [-0.15, -0.1) is 0 Å². The zero-order valence-corrected chi connectivity index (χ0v) is 12.8. The lowest BCUT2D eigenvalue weighted by Crippen LogP contribution is -2.17. The Morgan fingerprint density at radius 1 is 1.19 bits per heavy atom. The Bertz CT molecular complexity index is 710. The average Bonchev–Trinajstić information content (AvgIpc) is 2.53. The topological polar surface area (TPSA) is 54.3 Å². The number of rotatable bonds is 3. The molecule has 5 heteroatoms. The van der Waals surface area contributed by atoms with Gasteiger partial charge in [-0.25, -0.2) is 0 Å². The van der Waals surface area contributed by atoms with E-state index in [1.165, 1.54) is 0 Å². The molecular formula is C16H13BrN2O2. The Labute approximate surface area is 131 Å². The Hall–Kier alpha value is -2.19. The zero-order chi connectivity index (χ0) is 14.7. The molecule has 1 N–H and O–H groups in total. The number of nitrogens with zero attached hydrogens (tertiary/aromatic N) is 1. The number of nitrogens with one attached hydrogen (secondary N) is 1. The molecule has 0 atom stereocenters. The smallest absolute Gasteiger partial charge is 0.166 e. The van der Waals surface area contributed by atoms with E-state index in [1.807, 2.05) is 30.3 Å². The summed E-state index contributed by atoms with van der Waals surface area (Å²) in [5.74, 6) is 1.56. The number of hydrogen-bond donors (Lipinski definition) is 1. The van der Waals surface area contributed by atoms with Crippen LogP contribution < -0.4 is 14.8 Å². The molecule has 0 spiro atoms. The number of nitriles is 1. The van der Waals surface area contributed by atoms with Gasteiger partial charge < -0.3 is 14.8 Å². The summed E-state index contributed by atoms with van der Waals surface area (Å²) in [6.07, 6.45) is 0. The van der Waals surface area contributed by atoms with Crippen LogP contribution >= 0.6 is 15.9 Å². The third kappa shape index (κ3) is 2.96. The van der Waals surface area contributed by atoms with Crippen LogP contribution in [0.1, 0.15) is 11.1 Å². The van der Waals surface area contributed by atoms with Crippen molar-refractivity contribution in [2.24, 2.45) is 0 Å². The molecule has 0 amide bonds. The summed E-state index contributed by atoms with van der Waals surface area (Å²) in [6, 6.07) is 13.5. The van der Waals surface area contributed by atoms with Crippen molar-refractivity contribution in [2.75, 3.05) is 18.5 Å². The summed E-state index contributed by atoms with van der Waals surface area (Å²) in [5, 5.41) is 12.4. The fourth-order valence-corrected chi connectivity index (χ4v) is 2.59. The number of halogens is 1. The van der Waals surface area contributed by atoms with Crippen LogP contribution in [-0.2, 0) is 6.54 Å². The van der Waals surface area contributed by atoms with Gasteiger partial charge in [-0.3, -0.25) is 0 Å². The second kappa shape index (κ2) is 6.06. The molecule has 0 aliphatic carbocycles. The van der Waals surface area contributed by atoms with Crippen LogP contribution in [0.15, 0.2) is 40.9 Å². The van der Waals surface area contributed by atoms with E-state index in [0.29, 0.717) is 25.3 Å². The molecule has 1 heterocycles. The number of ether oxygens (including phenoxy) is 2. The van der Waals surface area contributed by atoms with Crippen LogP contribution in [0.25, 0.3) is 0 Å². The van der Waals surface area contributed by atoms with Gasteiger partial charge in [-0.05, 0) is 24.3 Å². The molecular weight excluding hydrogens is 332 g/mol. The molecule has 0 bridgehead atoms. The fourth-order valence-electron chi connectivity index (χ4n) is 2.22. The van der Waals surface area contributed by atoms with Crippen LogP contribution in [0.2, 0.25) is 0 Å². The summed E-state index contributed by atoms with van der Waals surface area (Å²) >= 11 is 3.42. The Kier molecular flexibility index (Phi) is 3.98. The number of fused-ring (bicyclic) bond motifs is 1. The molecule has 4 nitrogen and oxygen atoms in total. The minimum absolute atomic E-state index is 0.560. The van der Waals surface area contributed by atoms with E-state index in [2.05, 4.69) is 27.3 Å². The van der Waals surface area contributed by atoms with Crippen LogP contribution in [-0.4, -0.2) is 13.2 Å². The largest absolute Gasteiger partial charge is 0.486 e. The van der Waals surface area contributed by atoms with E-state index in [0.717, 1.165) is 27.2 Å². The van der Waals surface area contributed by atoms with Gasteiger partial charge in [0.1, 0.15) is 19.3 Å². The van der Waals surface area contributed by atoms with Gasteiger partial charge >= 0.3 is 0 Å². The third-order valence-electron chi connectivity index (χ3n) is 3.22. The van der Waals surface area contributed by atoms with E-state index in [-0.39, 0.29) is 0 Å². The predicted molar refractivity (Wildman–Crippen MR) is 83.6 cm³/mol. The molecule has 0 fully saturated rings. The summed E-state index contributed by atoms with van der Waals surface area (Å²) in [5.41, 5.74) is 2.41. The van der Waals surface area contributed by atoms with E-state index >= 15 is 0 Å². The average molecular weight is 345 g/mol. The van der Waals surface area contributed by atoms with E-state index in [1.54, 1.807) is 6.07 Å². The molecule has 0 radical (unpaired) electrons. The Balaban J connectivity index is 1.83. The fraction of sp³-hybridized carbons (Fsp3) is 0.188. The molecule has 106 valence electrons. The van der Waals surface area contributed by atoms with Gasteiger partial charge in [0, 0.05) is 16.6 Å². The summed E-state index contributed by atoms with van der Waals surface area (Å²) in [4.78, 5) is 0. The zero-order valence-electron chi connectivity index (χ0n) is 11.2. The first-order valence-corrected chi connectivity index (χ1v) is 7.38. The van der Waals surface area contributed by atoms with E-state index in [4.69, 9.17) is 14.7 Å². The second-order valence-electron chi connectivity index (χ2n) is 4.60. The van der Waals surface area contributed by atoms with Crippen molar-refractivity contribution < 1.29 is 9.47 Å². The Morgan fingerprint density at radius 2 is 2.05 bits per heavy atom. The van der Waals surface area contributed by atoms with Gasteiger partial charge in [0.25, 0.3) is 0 Å². The monoisotopic (exact) mass is 344 g/mol. The molecule has 3 rings (SSSR count). The lowest BCUT2D eigenvalue weighted by Gasteiger charge is -2.21. The molecule has 1 aliphatic rings. The van der Waals surface area contributed by atoms with Gasteiger partial charge in [0.15, 0.2) is 11.5 Å². The number of hydrogen-bond acceptors (Lipinski definition) is 4. The standard InChI is InChI=1S/C16H13BrN2O2/c17-13-5-4-11(9-18)14(8-13)19-10-12-2-1-3-15-16(12)21-7-6-20-15/h1-5,8,19H,6-7,10H2. The van der Waals surface area contributed by atoms with Crippen molar-refractivity contribution in [3.8, 4) is 17.6 Å². The van der Waals surface area contributed by atoms with Crippen molar-refractivity contribution in [3.05, 3.63) is 52.0 Å². The molecule has 0 unspecified atom stereocenters. The van der Waals surface area contributed by atoms with Gasteiger partial charge in [0.05, 0.1) is 11.3 Å². The molecule has 2 aromatic rings. The minimum atomic E-state index is 0.560. The van der Waals surface area contributed by atoms with E-state index in [9.17, 15) is 0 Å². The van der Waals surface area contributed by atoms with Crippen molar-refractivity contribution in [1.82, 2.24) is 0 Å². The van der Waals surface area contributed by atoms with E-state index < -0.39 is 0 Å². The molecule has 0 aromatic heterocycles. The first kappa shape index (κ1) is 13.8. The van der Waals surface area contributed by atoms with Crippen molar-refractivity contribution in [2.45, 2.75) is 6.54 Å². The van der Waals surface area contributed by atoms with Crippen LogP contribution in [0.5, 0.6) is 11.5 Å². The van der Waals surface area contributed by atoms with Crippen molar-refractivity contribution in [3.63, 3.8) is 0 Å². The number of para-hydroxylation sites is 1. The Morgan fingerprint density at radius 3 is 2.90 bits per heavy atom. The third-order valence-corrected chi connectivity index (χ3v) is 3.71. The highest BCUT2D eigenvalue weighted by molar-refractivity contribution is 9.10. The highest BCUT2D eigenvalue weighted by atomic mass is 79.9. The first-order chi connectivity index (χ1) is 10.3. The lowest BCUT2D eigenvalue weighted by molar-refractivity contribution is 0.170. The molecule has 2 aromatic carbocycles. The maximum atomic E-state index is 9.15. The van der Waals surface area contributed by atoms with Crippen LogP contribution in [0.4, 0.5) is 5.69 Å². The second-order valence-corrected chi connectivity index (χ2v) is 5.51. The maximum absolute atomic E-state index is 9.15. The predicted octanol–water partition coefficient (Wildman–Crippen LogP) is 3.70. The van der Waals surface area contributed by atoms with Crippen molar-refractivity contribution >= 4 is 21.6 Å². The van der Waals surface area contributed by atoms with Gasteiger partial charge in [-0.1, -0.05) is 28.1 Å². The van der Waals surface area contributed by atoms with Crippen molar-refractivity contribution in [1.29, 1.82) is 5.26 Å². The lowest BCUT2D eigenvalue weighted by atomic mass is 10.1. The molecule has 0 saturated carbocycles. The highest BCUT2D eigenvalue weighted by Crippen LogP contribution is 2.34. The molecule has 21 heavy (non-hydrogen) atoms. The summed E-state index contributed by atoms with van der Waals surface area (Å²) in [6.45, 7) is 1.70. The normalized spacial score (nSPS) is 12.6. The van der Waals surface area contributed by atoms with Gasteiger partial charge in [-0.2, -0.15) is 5.26 Å². The number of benzene rings is 2. The quantitative estimate of drug-likeness (QED) is 0.922. The van der Waals surface area contributed by atoms with Crippen LogP contribution in [0.3, 0.4) is 0 Å². The SMILES string of the molecule is N#Cc1ccc(Br)cc1NCc1cccc2c1OCCO2. The summed E-state index contributed by atoms with van der Waals surface area (Å²) < 4.78 is 12.2. The molecule has 1 aliphatic heterocycles. The van der Waals surface area contributed by atoms with Gasteiger partial charge in [0.2, 0.25) is 0 Å². The highest BCUT2D eigenvalue weighted by Gasteiger charge is 2.15. The van der Waals surface area contributed by atoms with Crippen LogP contribution in [0, 0.1) is 11.3 Å². The minimum Gasteiger partial charge on any atom is -0.486 e. The summed E-state index contributed by atoms with van der Waals surface area (Å²) in [7, 11) is 0.